The van der Waals surface area contributed by atoms with Gasteiger partial charge in [-0.05, 0) is 49.9 Å². The summed E-state index contributed by atoms with van der Waals surface area (Å²) in [7, 11) is 0. The molecule has 29 heavy (non-hydrogen) atoms. The number of piperidine rings is 1. The zero-order chi connectivity index (χ0) is 20.4. The summed E-state index contributed by atoms with van der Waals surface area (Å²) in [4.78, 5) is 40.7. The number of benzene rings is 1. The summed E-state index contributed by atoms with van der Waals surface area (Å²) in [6.45, 7) is 5.97. The normalized spacial score (nSPS) is 16.9. The first-order chi connectivity index (χ1) is 14.0. The lowest BCUT2D eigenvalue weighted by atomic mass is 9.95. The predicted octanol–water partition coefficient (Wildman–Crippen LogP) is 2.39. The molecular weight excluding hydrogens is 368 g/mol. The highest BCUT2D eigenvalue weighted by molar-refractivity contribution is 5.77. The molecule has 8 nitrogen and oxygen atoms in total. The number of likely N-dealkylation sites (tertiary alicyclic amines) is 1. The van der Waals surface area contributed by atoms with Gasteiger partial charge in [-0.2, -0.15) is 0 Å². The fourth-order valence-electron chi connectivity index (χ4n) is 3.85. The fraction of sp³-hybridized carbons (Fsp3) is 0.429. The number of fused-ring (bicyclic) bond motifs is 1. The van der Waals surface area contributed by atoms with Crippen molar-refractivity contribution in [2.75, 3.05) is 19.6 Å². The van der Waals surface area contributed by atoms with Crippen molar-refractivity contribution in [3.63, 3.8) is 0 Å². The van der Waals surface area contributed by atoms with Crippen LogP contribution < -0.4 is 10.9 Å². The van der Waals surface area contributed by atoms with E-state index in [2.05, 4.69) is 51.2 Å². The number of amides is 2. The maximum atomic E-state index is 12.6. The molecule has 1 saturated heterocycles. The van der Waals surface area contributed by atoms with E-state index in [9.17, 15) is 9.59 Å². The van der Waals surface area contributed by atoms with Crippen molar-refractivity contribution in [1.29, 1.82) is 0 Å². The summed E-state index contributed by atoms with van der Waals surface area (Å²) in [5.74, 6) is 0.966. The van der Waals surface area contributed by atoms with Gasteiger partial charge in [-0.15, -0.1) is 0 Å². The van der Waals surface area contributed by atoms with Gasteiger partial charge in [0.1, 0.15) is 5.82 Å². The third kappa shape index (κ3) is 4.31. The van der Waals surface area contributed by atoms with Crippen LogP contribution in [0, 0.1) is 13.8 Å². The van der Waals surface area contributed by atoms with Crippen LogP contribution >= 0.6 is 0 Å². The van der Waals surface area contributed by atoms with Gasteiger partial charge >= 0.3 is 6.03 Å². The zero-order valence-corrected chi connectivity index (χ0v) is 16.8. The van der Waals surface area contributed by atoms with Crippen LogP contribution in [0.4, 0.5) is 4.79 Å². The van der Waals surface area contributed by atoms with Crippen LogP contribution in [0.15, 0.2) is 29.3 Å². The van der Waals surface area contributed by atoms with Gasteiger partial charge in [-0.25, -0.2) is 14.8 Å². The second-order valence-electron chi connectivity index (χ2n) is 7.74. The molecule has 0 aliphatic carbocycles. The number of urea groups is 1. The maximum absolute atomic E-state index is 12.6. The van der Waals surface area contributed by atoms with Gasteiger partial charge in [0.2, 0.25) is 0 Å². The Bertz CT molecular complexity index is 1050. The van der Waals surface area contributed by atoms with E-state index in [1.807, 2.05) is 4.90 Å². The molecule has 0 spiro atoms. The molecule has 3 heterocycles. The molecule has 1 unspecified atom stereocenters. The lowest BCUT2D eigenvalue weighted by Crippen LogP contribution is -2.45. The van der Waals surface area contributed by atoms with E-state index in [0.717, 1.165) is 35.4 Å². The minimum absolute atomic E-state index is 0.0812. The number of nitrogens with zero attached hydrogens (tertiary/aromatic N) is 3. The molecule has 3 N–H and O–H groups in total. The van der Waals surface area contributed by atoms with Gasteiger partial charge in [0.05, 0.1) is 23.1 Å². The SMILES string of the molecule is Cc1cc2nc(CCNC(=O)N3CCCC(c4cc(=O)[nH]cn4)C3)[nH]c2cc1C. The number of hydrogen-bond donors (Lipinski definition) is 3. The number of aromatic amines is 2. The van der Waals surface area contributed by atoms with Crippen molar-refractivity contribution in [3.8, 4) is 0 Å². The number of rotatable bonds is 4. The number of nitrogens with one attached hydrogen (secondary N) is 3. The largest absolute Gasteiger partial charge is 0.342 e. The molecule has 1 aliphatic rings. The van der Waals surface area contributed by atoms with Crippen molar-refractivity contribution in [3.05, 3.63) is 57.5 Å². The van der Waals surface area contributed by atoms with E-state index in [1.165, 1.54) is 23.5 Å². The van der Waals surface area contributed by atoms with Gasteiger partial charge in [-0.3, -0.25) is 4.79 Å². The van der Waals surface area contributed by atoms with Gasteiger partial charge in [-0.1, -0.05) is 0 Å². The van der Waals surface area contributed by atoms with Crippen LogP contribution in [0.3, 0.4) is 0 Å². The molecule has 0 saturated carbocycles. The zero-order valence-electron chi connectivity index (χ0n) is 16.8. The number of hydrogen-bond acceptors (Lipinski definition) is 4. The number of imidazole rings is 1. The van der Waals surface area contributed by atoms with Crippen molar-refractivity contribution < 1.29 is 4.79 Å². The molecule has 2 amide bonds. The number of H-pyrrole nitrogens is 2. The third-order valence-electron chi connectivity index (χ3n) is 5.61. The molecule has 1 aliphatic heterocycles. The highest BCUT2D eigenvalue weighted by Crippen LogP contribution is 2.24. The summed E-state index contributed by atoms with van der Waals surface area (Å²) in [5.41, 5.74) is 5.03. The second-order valence-corrected chi connectivity index (χ2v) is 7.74. The Labute approximate surface area is 168 Å². The second kappa shape index (κ2) is 8.06. The molecule has 1 aromatic carbocycles. The smallest absolute Gasteiger partial charge is 0.317 e. The Morgan fingerprint density at radius 1 is 1.28 bits per heavy atom. The molecule has 4 rings (SSSR count). The van der Waals surface area contributed by atoms with Crippen LogP contribution in [0.2, 0.25) is 0 Å². The molecule has 0 radical (unpaired) electrons. The van der Waals surface area contributed by atoms with E-state index < -0.39 is 0 Å². The van der Waals surface area contributed by atoms with Crippen LogP contribution in [0.5, 0.6) is 0 Å². The standard InChI is InChI=1S/C21H26N6O2/c1-13-8-17-18(9-14(13)2)26-19(25-17)5-6-22-21(29)27-7-3-4-15(11-27)16-10-20(28)24-12-23-16/h8-10,12,15H,3-7,11H2,1-2H3,(H,22,29)(H,25,26)(H,23,24,28). The van der Waals surface area contributed by atoms with E-state index in [0.29, 0.717) is 26.1 Å². The monoisotopic (exact) mass is 394 g/mol. The summed E-state index contributed by atoms with van der Waals surface area (Å²) in [6.07, 6.45) is 3.89. The van der Waals surface area contributed by atoms with E-state index in [1.54, 1.807) is 0 Å². The molecule has 152 valence electrons. The van der Waals surface area contributed by atoms with E-state index in [4.69, 9.17) is 0 Å². The van der Waals surface area contributed by atoms with Gasteiger partial charge in [0.25, 0.3) is 5.56 Å². The Kier molecular flexibility index (Phi) is 5.33. The summed E-state index contributed by atoms with van der Waals surface area (Å²) < 4.78 is 0. The van der Waals surface area contributed by atoms with Crippen molar-refractivity contribution >= 4 is 17.1 Å². The van der Waals surface area contributed by atoms with Crippen molar-refractivity contribution in [2.24, 2.45) is 0 Å². The highest BCUT2D eigenvalue weighted by Gasteiger charge is 2.25. The Balaban J connectivity index is 1.33. The van der Waals surface area contributed by atoms with Crippen molar-refractivity contribution in [1.82, 2.24) is 30.2 Å². The van der Waals surface area contributed by atoms with E-state index >= 15 is 0 Å². The van der Waals surface area contributed by atoms with Crippen LogP contribution in [-0.4, -0.2) is 50.5 Å². The Hall–Kier alpha value is -3.16. The summed E-state index contributed by atoms with van der Waals surface area (Å²) in [6, 6.07) is 5.63. The van der Waals surface area contributed by atoms with Crippen LogP contribution in [0.25, 0.3) is 11.0 Å². The lowest BCUT2D eigenvalue weighted by Gasteiger charge is -2.32. The number of aryl methyl sites for hydroxylation is 2. The molecule has 3 aromatic rings. The topological polar surface area (TPSA) is 107 Å². The molecular formula is C21H26N6O2. The number of carbonyl (C=O) groups excluding carboxylic acids is 1. The highest BCUT2D eigenvalue weighted by atomic mass is 16.2. The van der Waals surface area contributed by atoms with Gasteiger partial charge < -0.3 is 20.2 Å². The first-order valence-electron chi connectivity index (χ1n) is 10.0. The van der Waals surface area contributed by atoms with Gasteiger partial charge in [0.15, 0.2) is 0 Å². The minimum Gasteiger partial charge on any atom is -0.342 e. The van der Waals surface area contributed by atoms with Crippen molar-refractivity contribution in [2.45, 2.75) is 39.0 Å². The first-order valence-corrected chi connectivity index (χ1v) is 10.0. The molecule has 8 heteroatoms. The number of aromatic nitrogens is 4. The average Bonchev–Trinajstić information content (AvgIpc) is 3.09. The fourth-order valence-corrected chi connectivity index (χ4v) is 3.85. The Morgan fingerprint density at radius 2 is 2.10 bits per heavy atom. The third-order valence-corrected chi connectivity index (χ3v) is 5.61. The molecule has 2 aromatic heterocycles. The maximum Gasteiger partial charge on any atom is 0.317 e. The quantitative estimate of drug-likeness (QED) is 0.632. The van der Waals surface area contributed by atoms with Crippen LogP contribution in [-0.2, 0) is 6.42 Å². The van der Waals surface area contributed by atoms with E-state index in [-0.39, 0.29) is 17.5 Å². The first kappa shape index (κ1) is 19.2. The molecule has 1 fully saturated rings. The summed E-state index contributed by atoms with van der Waals surface area (Å²) in [5, 5.41) is 2.99. The van der Waals surface area contributed by atoms with Gasteiger partial charge in [0, 0.05) is 38.0 Å². The molecule has 0 bridgehead atoms. The Morgan fingerprint density at radius 3 is 2.93 bits per heavy atom. The predicted molar refractivity (Wildman–Crippen MR) is 111 cm³/mol. The average molecular weight is 394 g/mol. The minimum atomic E-state index is -0.159. The summed E-state index contributed by atoms with van der Waals surface area (Å²) >= 11 is 0. The lowest BCUT2D eigenvalue weighted by molar-refractivity contribution is 0.179. The number of carbonyl (C=O) groups is 1. The molecule has 1 atom stereocenters. The van der Waals surface area contributed by atoms with Crippen LogP contribution in [0.1, 0.15) is 41.4 Å².